The highest BCUT2D eigenvalue weighted by Gasteiger charge is 2.43. The third-order valence-corrected chi connectivity index (χ3v) is 2.96. The van der Waals surface area contributed by atoms with Gasteiger partial charge in [0.2, 0.25) is 0 Å². The SMILES string of the molecule is C=CCCC1(C=O)CC(C)OC1C. The number of carbonyl (C=O) groups excluding carboxylic acids is 1. The third kappa shape index (κ3) is 1.99. The van der Waals surface area contributed by atoms with Gasteiger partial charge in [0.15, 0.2) is 0 Å². The minimum atomic E-state index is -0.256. The zero-order valence-corrected chi connectivity index (χ0v) is 8.45. The lowest BCUT2D eigenvalue weighted by Crippen LogP contribution is -2.30. The lowest BCUT2D eigenvalue weighted by molar-refractivity contribution is -0.119. The molecule has 0 aliphatic carbocycles. The second kappa shape index (κ2) is 4.05. The van der Waals surface area contributed by atoms with Crippen molar-refractivity contribution in [2.24, 2.45) is 5.41 Å². The van der Waals surface area contributed by atoms with Crippen molar-refractivity contribution in [3.05, 3.63) is 12.7 Å². The Hall–Kier alpha value is -0.630. The van der Waals surface area contributed by atoms with Gasteiger partial charge >= 0.3 is 0 Å². The van der Waals surface area contributed by atoms with Crippen molar-refractivity contribution >= 4 is 6.29 Å². The molecule has 0 saturated carbocycles. The molecule has 3 atom stereocenters. The zero-order valence-electron chi connectivity index (χ0n) is 8.45. The Bertz CT molecular complexity index is 200. The Balaban J connectivity index is 2.68. The summed E-state index contributed by atoms with van der Waals surface area (Å²) in [4.78, 5) is 11.1. The molecule has 2 nitrogen and oxygen atoms in total. The van der Waals surface area contributed by atoms with Crippen LogP contribution in [0.25, 0.3) is 0 Å². The quantitative estimate of drug-likeness (QED) is 0.492. The summed E-state index contributed by atoms with van der Waals surface area (Å²) in [5.41, 5.74) is -0.256. The maximum absolute atomic E-state index is 11.1. The summed E-state index contributed by atoms with van der Waals surface area (Å²) in [7, 11) is 0. The van der Waals surface area contributed by atoms with Crippen molar-refractivity contribution in [3.8, 4) is 0 Å². The van der Waals surface area contributed by atoms with E-state index in [2.05, 4.69) is 6.58 Å². The van der Waals surface area contributed by atoms with Gasteiger partial charge in [-0.3, -0.25) is 0 Å². The summed E-state index contributed by atoms with van der Waals surface area (Å²) in [6.07, 6.45) is 5.81. The molecule has 0 amide bonds. The number of carbonyl (C=O) groups is 1. The average Bonchev–Trinajstić information content (AvgIpc) is 2.38. The first-order valence-corrected chi connectivity index (χ1v) is 4.87. The molecule has 0 radical (unpaired) electrons. The lowest BCUT2D eigenvalue weighted by Gasteiger charge is -2.24. The smallest absolute Gasteiger partial charge is 0.128 e. The average molecular weight is 182 g/mol. The molecule has 74 valence electrons. The molecule has 1 heterocycles. The van der Waals surface area contributed by atoms with Crippen LogP contribution in [-0.4, -0.2) is 18.5 Å². The molecular formula is C11H18O2. The van der Waals surface area contributed by atoms with E-state index < -0.39 is 0 Å². The highest BCUT2D eigenvalue weighted by Crippen LogP contribution is 2.40. The molecule has 3 unspecified atom stereocenters. The second-order valence-electron chi connectivity index (χ2n) is 3.97. The molecule has 0 aromatic rings. The summed E-state index contributed by atoms with van der Waals surface area (Å²) in [6, 6.07) is 0. The van der Waals surface area contributed by atoms with Crippen LogP contribution in [-0.2, 0) is 9.53 Å². The molecule has 1 aliphatic heterocycles. The summed E-state index contributed by atoms with van der Waals surface area (Å²) in [5, 5.41) is 0. The Kier molecular flexibility index (Phi) is 3.26. The van der Waals surface area contributed by atoms with E-state index in [1.54, 1.807) is 0 Å². The predicted octanol–water partition coefficient (Wildman–Crippen LogP) is 2.34. The van der Waals surface area contributed by atoms with E-state index in [9.17, 15) is 4.79 Å². The standard InChI is InChI=1S/C11H18O2/c1-4-5-6-11(8-12)7-9(2)13-10(11)3/h4,8-10H,1,5-7H2,2-3H3. The topological polar surface area (TPSA) is 26.3 Å². The first-order valence-electron chi connectivity index (χ1n) is 4.87. The van der Waals surface area contributed by atoms with Crippen LogP contribution in [0.2, 0.25) is 0 Å². The number of hydrogen-bond donors (Lipinski definition) is 0. The Morgan fingerprint density at radius 2 is 2.31 bits per heavy atom. The number of hydrogen-bond acceptors (Lipinski definition) is 2. The Morgan fingerprint density at radius 3 is 2.69 bits per heavy atom. The zero-order chi connectivity index (χ0) is 9.90. The van der Waals surface area contributed by atoms with E-state index in [0.717, 1.165) is 25.5 Å². The molecule has 1 fully saturated rings. The van der Waals surface area contributed by atoms with E-state index in [1.807, 2.05) is 19.9 Å². The van der Waals surface area contributed by atoms with Gasteiger partial charge in [-0.15, -0.1) is 6.58 Å². The summed E-state index contributed by atoms with van der Waals surface area (Å²) < 4.78 is 5.60. The molecule has 0 N–H and O–H groups in total. The fourth-order valence-electron chi connectivity index (χ4n) is 2.11. The highest BCUT2D eigenvalue weighted by molar-refractivity contribution is 5.61. The molecule has 1 rings (SSSR count). The van der Waals surface area contributed by atoms with Crippen LogP contribution in [0.3, 0.4) is 0 Å². The fourth-order valence-corrected chi connectivity index (χ4v) is 2.11. The number of ether oxygens (including phenoxy) is 1. The van der Waals surface area contributed by atoms with Crippen LogP contribution in [0.4, 0.5) is 0 Å². The second-order valence-corrected chi connectivity index (χ2v) is 3.97. The van der Waals surface area contributed by atoms with Crippen LogP contribution in [0, 0.1) is 5.41 Å². The van der Waals surface area contributed by atoms with Gasteiger partial charge in [0.1, 0.15) is 6.29 Å². The fraction of sp³-hybridized carbons (Fsp3) is 0.727. The van der Waals surface area contributed by atoms with Gasteiger partial charge in [-0.2, -0.15) is 0 Å². The van der Waals surface area contributed by atoms with Crippen LogP contribution >= 0.6 is 0 Å². The van der Waals surface area contributed by atoms with Crippen molar-refractivity contribution in [3.63, 3.8) is 0 Å². The third-order valence-electron chi connectivity index (χ3n) is 2.96. The molecule has 2 heteroatoms. The minimum Gasteiger partial charge on any atom is -0.374 e. The Morgan fingerprint density at radius 1 is 1.62 bits per heavy atom. The minimum absolute atomic E-state index is 0.0555. The van der Waals surface area contributed by atoms with Gasteiger partial charge < -0.3 is 9.53 Å². The molecule has 0 bridgehead atoms. The van der Waals surface area contributed by atoms with Crippen LogP contribution < -0.4 is 0 Å². The molecule has 13 heavy (non-hydrogen) atoms. The monoisotopic (exact) mass is 182 g/mol. The number of allylic oxidation sites excluding steroid dienone is 1. The van der Waals surface area contributed by atoms with Crippen molar-refractivity contribution < 1.29 is 9.53 Å². The van der Waals surface area contributed by atoms with Crippen LogP contribution in [0.1, 0.15) is 33.1 Å². The lowest BCUT2D eigenvalue weighted by atomic mass is 9.78. The number of aldehydes is 1. The predicted molar refractivity (Wildman–Crippen MR) is 52.6 cm³/mol. The largest absolute Gasteiger partial charge is 0.374 e. The maximum Gasteiger partial charge on any atom is 0.128 e. The molecule has 0 aromatic carbocycles. The molecule has 0 aromatic heterocycles. The van der Waals surface area contributed by atoms with Gasteiger partial charge in [0.25, 0.3) is 0 Å². The van der Waals surface area contributed by atoms with Gasteiger partial charge in [-0.1, -0.05) is 6.08 Å². The first kappa shape index (κ1) is 10.5. The summed E-state index contributed by atoms with van der Waals surface area (Å²) in [5.74, 6) is 0. The van der Waals surface area contributed by atoms with Crippen molar-refractivity contribution in [2.75, 3.05) is 0 Å². The van der Waals surface area contributed by atoms with Crippen molar-refractivity contribution in [1.29, 1.82) is 0 Å². The molecule has 0 spiro atoms. The normalized spacial score (nSPS) is 38.9. The van der Waals surface area contributed by atoms with Crippen LogP contribution in [0.15, 0.2) is 12.7 Å². The van der Waals surface area contributed by atoms with Crippen molar-refractivity contribution in [1.82, 2.24) is 0 Å². The molecule has 1 aliphatic rings. The molecular weight excluding hydrogens is 164 g/mol. The van der Waals surface area contributed by atoms with Crippen molar-refractivity contribution in [2.45, 2.75) is 45.3 Å². The van der Waals surface area contributed by atoms with E-state index in [0.29, 0.717) is 0 Å². The van der Waals surface area contributed by atoms with Gasteiger partial charge in [0.05, 0.1) is 17.6 Å². The van der Waals surface area contributed by atoms with Gasteiger partial charge in [-0.05, 0) is 33.1 Å². The highest BCUT2D eigenvalue weighted by atomic mass is 16.5. The van der Waals surface area contributed by atoms with Crippen LogP contribution in [0.5, 0.6) is 0 Å². The van der Waals surface area contributed by atoms with Gasteiger partial charge in [-0.25, -0.2) is 0 Å². The van der Waals surface area contributed by atoms with E-state index >= 15 is 0 Å². The van der Waals surface area contributed by atoms with E-state index in [1.165, 1.54) is 0 Å². The van der Waals surface area contributed by atoms with E-state index in [-0.39, 0.29) is 17.6 Å². The maximum atomic E-state index is 11.1. The summed E-state index contributed by atoms with van der Waals surface area (Å²) in [6.45, 7) is 7.68. The first-order chi connectivity index (χ1) is 6.14. The molecule has 1 saturated heterocycles. The summed E-state index contributed by atoms with van der Waals surface area (Å²) >= 11 is 0. The number of rotatable bonds is 4. The van der Waals surface area contributed by atoms with Gasteiger partial charge in [0, 0.05) is 0 Å². The Labute approximate surface area is 80.0 Å². The van der Waals surface area contributed by atoms with E-state index in [4.69, 9.17) is 4.74 Å².